The molecular formula is C36H38F2N8O4. The van der Waals surface area contributed by atoms with Gasteiger partial charge in [0, 0.05) is 67.8 Å². The van der Waals surface area contributed by atoms with Gasteiger partial charge in [-0.05, 0) is 79.8 Å². The molecule has 1 aromatic carbocycles. The number of carbonyl (C=O) groups excluding carboxylic acids is 1. The monoisotopic (exact) mass is 684 g/mol. The van der Waals surface area contributed by atoms with Crippen molar-refractivity contribution in [2.24, 2.45) is 7.05 Å². The molecule has 0 unspecified atom stereocenters. The number of aromatic carboxylic acids is 1. The maximum Gasteiger partial charge on any atom is 0.356 e. The topological polar surface area (TPSA) is 132 Å². The molecular weight excluding hydrogens is 646 g/mol. The molecule has 1 amide bonds. The van der Waals surface area contributed by atoms with Crippen LogP contribution in [0.25, 0.3) is 11.1 Å². The Labute approximate surface area is 288 Å². The summed E-state index contributed by atoms with van der Waals surface area (Å²) in [5.74, 6) is 5.40. The average Bonchev–Trinajstić information content (AvgIpc) is 3.73. The Hall–Kier alpha value is -5.16. The second-order valence-corrected chi connectivity index (χ2v) is 13.1. The highest BCUT2D eigenvalue weighted by Gasteiger charge is 2.35. The summed E-state index contributed by atoms with van der Waals surface area (Å²) in [5.41, 5.74) is 5.20. The number of fused-ring (bicyclic) bond motifs is 2. The van der Waals surface area contributed by atoms with Crippen LogP contribution in [-0.4, -0.2) is 77.4 Å². The number of nitrogens with zero attached hydrogens (tertiary/aromatic N) is 8. The first-order valence-corrected chi connectivity index (χ1v) is 16.9. The lowest BCUT2D eigenvalue weighted by Gasteiger charge is -2.33. The zero-order valence-corrected chi connectivity index (χ0v) is 28.0. The zero-order chi connectivity index (χ0) is 34.9. The van der Waals surface area contributed by atoms with Gasteiger partial charge in [0.2, 0.25) is 5.91 Å². The van der Waals surface area contributed by atoms with E-state index in [1.165, 1.54) is 12.1 Å². The van der Waals surface area contributed by atoms with Crippen molar-refractivity contribution in [3.63, 3.8) is 0 Å². The van der Waals surface area contributed by atoms with Crippen LogP contribution in [0.5, 0.6) is 0 Å². The summed E-state index contributed by atoms with van der Waals surface area (Å²) in [6.07, 6.45) is 6.39. The number of carbonyl (C=O) groups is 2. The minimum absolute atomic E-state index is 0.000399. The Balaban J connectivity index is 1.11. The molecule has 3 aliphatic rings. The quantitative estimate of drug-likeness (QED) is 0.260. The lowest BCUT2D eigenvalue weighted by Crippen LogP contribution is -2.36. The number of carboxylic acids is 1. The van der Waals surface area contributed by atoms with E-state index in [-0.39, 0.29) is 35.9 Å². The first kappa shape index (κ1) is 33.3. The van der Waals surface area contributed by atoms with Crippen molar-refractivity contribution >= 4 is 23.4 Å². The Morgan fingerprint density at radius 1 is 1.10 bits per heavy atom. The number of benzene rings is 1. The van der Waals surface area contributed by atoms with Crippen LogP contribution in [0.15, 0.2) is 36.7 Å². The predicted octanol–water partition coefficient (Wildman–Crippen LogP) is 5.25. The molecule has 0 spiro atoms. The maximum absolute atomic E-state index is 14.6. The van der Waals surface area contributed by atoms with Crippen LogP contribution in [0.2, 0.25) is 0 Å². The number of hydrogen-bond donors (Lipinski definition) is 1. The highest BCUT2D eigenvalue weighted by Crippen LogP contribution is 2.44. The standard InChI is InChI=1S/C36H38F2N8O4/c1-22(47)44-15-13-32-30(21-44)35(45-14-3-5-23-17-28(24-19-39-43(2)20-24)29(34(37)38)18-33(23)45)42-46(32)26-8-10-27(11-9-26)50-16-4-6-25-7-12-31(36(48)49)41-40-25/h7,12,17-20,26-27,34H,3,5,8-11,13-16,21H2,1-2H3,(H,48,49). The van der Waals surface area contributed by atoms with Crippen molar-refractivity contribution in [3.05, 3.63) is 70.4 Å². The molecule has 50 heavy (non-hydrogen) atoms. The number of hydrogen-bond acceptors (Lipinski definition) is 8. The number of anilines is 2. The molecule has 2 aliphatic heterocycles. The van der Waals surface area contributed by atoms with Crippen molar-refractivity contribution < 1.29 is 28.2 Å². The molecule has 260 valence electrons. The largest absolute Gasteiger partial charge is 0.476 e. The molecule has 7 rings (SSSR count). The summed E-state index contributed by atoms with van der Waals surface area (Å²) in [4.78, 5) is 27.4. The molecule has 12 nitrogen and oxygen atoms in total. The van der Waals surface area contributed by atoms with Crippen LogP contribution in [0, 0.1) is 11.8 Å². The number of aryl methyl sites for hydroxylation is 2. The maximum atomic E-state index is 14.6. The second-order valence-electron chi connectivity index (χ2n) is 13.1. The summed E-state index contributed by atoms with van der Waals surface area (Å²) in [6, 6.07) is 6.54. The molecule has 0 atom stereocenters. The molecule has 5 heterocycles. The number of ether oxygens (including phenoxy) is 1. The van der Waals surface area contributed by atoms with Crippen molar-refractivity contribution in [2.75, 3.05) is 24.6 Å². The lowest BCUT2D eigenvalue weighted by atomic mass is 9.92. The van der Waals surface area contributed by atoms with Gasteiger partial charge in [0.1, 0.15) is 12.3 Å². The SMILES string of the molecule is CC(=O)N1CCc2c(c(N3CCCc4cc(-c5cnn(C)c5)c(C(F)F)cc43)nn2C2CCC(OCC#Cc3ccc(C(=O)O)nn3)CC2)C1. The summed E-state index contributed by atoms with van der Waals surface area (Å²) in [6.45, 7) is 3.48. The molecule has 4 aromatic rings. The van der Waals surface area contributed by atoms with Gasteiger partial charge in [-0.1, -0.05) is 5.92 Å². The van der Waals surface area contributed by atoms with E-state index in [9.17, 15) is 18.4 Å². The second kappa shape index (κ2) is 14.0. The Morgan fingerprint density at radius 2 is 1.92 bits per heavy atom. The number of alkyl halides is 2. The summed E-state index contributed by atoms with van der Waals surface area (Å²) in [7, 11) is 1.77. The third kappa shape index (κ3) is 6.69. The molecule has 14 heteroatoms. The Kier molecular flexibility index (Phi) is 9.33. The molecule has 0 bridgehead atoms. The third-order valence-electron chi connectivity index (χ3n) is 9.87. The van der Waals surface area contributed by atoms with Crippen molar-refractivity contribution in [1.82, 2.24) is 34.7 Å². The highest BCUT2D eigenvalue weighted by molar-refractivity contribution is 5.85. The van der Waals surface area contributed by atoms with Gasteiger partial charge in [-0.15, -0.1) is 10.2 Å². The molecule has 0 radical (unpaired) electrons. The van der Waals surface area contributed by atoms with E-state index in [0.717, 1.165) is 66.9 Å². The molecule has 1 saturated carbocycles. The Morgan fingerprint density at radius 3 is 2.60 bits per heavy atom. The van der Waals surface area contributed by atoms with Gasteiger partial charge in [-0.2, -0.15) is 10.2 Å². The number of rotatable bonds is 7. The number of aromatic nitrogens is 6. The van der Waals surface area contributed by atoms with Gasteiger partial charge in [-0.25, -0.2) is 13.6 Å². The molecule has 1 fully saturated rings. The lowest BCUT2D eigenvalue weighted by molar-refractivity contribution is -0.129. The number of halogens is 2. The normalized spacial score (nSPS) is 18.7. The predicted molar refractivity (Wildman–Crippen MR) is 179 cm³/mol. The van der Waals surface area contributed by atoms with E-state index in [2.05, 4.69) is 36.7 Å². The van der Waals surface area contributed by atoms with Crippen LogP contribution in [0.4, 0.5) is 20.3 Å². The van der Waals surface area contributed by atoms with E-state index in [0.29, 0.717) is 42.9 Å². The fraction of sp³-hybridized carbons (Fsp3) is 0.444. The van der Waals surface area contributed by atoms with Gasteiger partial charge in [0.25, 0.3) is 6.43 Å². The molecule has 0 saturated heterocycles. The highest BCUT2D eigenvalue weighted by atomic mass is 19.3. The van der Waals surface area contributed by atoms with E-state index >= 15 is 0 Å². The van der Waals surface area contributed by atoms with E-state index in [1.807, 2.05) is 11.0 Å². The minimum Gasteiger partial charge on any atom is -0.476 e. The summed E-state index contributed by atoms with van der Waals surface area (Å²) in [5, 5.41) is 25.9. The molecule has 1 aliphatic carbocycles. The van der Waals surface area contributed by atoms with Gasteiger partial charge >= 0.3 is 5.97 Å². The van der Waals surface area contributed by atoms with Crippen molar-refractivity contribution in [1.29, 1.82) is 0 Å². The fourth-order valence-electron chi connectivity index (χ4n) is 7.33. The van der Waals surface area contributed by atoms with Crippen molar-refractivity contribution in [3.8, 4) is 23.0 Å². The third-order valence-corrected chi connectivity index (χ3v) is 9.87. The minimum atomic E-state index is -2.67. The fourth-order valence-corrected chi connectivity index (χ4v) is 7.33. The van der Waals surface area contributed by atoms with Crippen LogP contribution in [-0.2, 0) is 36.0 Å². The van der Waals surface area contributed by atoms with Crippen LogP contribution >= 0.6 is 0 Å². The first-order valence-electron chi connectivity index (χ1n) is 16.9. The summed E-state index contributed by atoms with van der Waals surface area (Å²) < 4.78 is 39.0. The average molecular weight is 685 g/mol. The van der Waals surface area contributed by atoms with Crippen LogP contribution in [0.3, 0.4) is 0 Å². The van der Waals surface area contributed by atoms with E-state index in [4.69, 9.17) is 14.9 Å². The van der Waals surface area contributed by atoms with E-state index in [1.54, 1.807) is 37.1 Å². The van der Waals surface area contributed by atoms with Crippen LogP contribution in [0.1, 0.15) is 90.1 Å². The van der Waals surface area contributed by atoms with Crippen molar-refractivity contribution in [2.45, 2.75) is 77.0 Å². The molecule has 3 aromatic heterocycles. The smallest absolute Gasteiger partial charge is 0.356 e. The first-order chi connectivity index (χ1) is 24.2. The number of carboxylic acid groups (broad SMARTS) is 1. The zero-order valence-electron chi connectivity index (χ0n) is 28.0. The van der Waals surface area contributed by atoms with Gasteiger partial charge < -0.3 is 19.6 Å². The summed E-state index contributed by atoms with van der Waals surface area (Å²) >= 11 is 0. The van der Waals surface area contributed by atoms with E-state index < -0.39 is 12.4 Å². The molecule has 1 N–H and O–H groups in total. The van der Waals surface area contributed by atoms with Crippen LogP contribution < -0.4 is 4.90 Å². The number of amides is 1. The van der Waals surface area contributed by atoms with Gasteiger partial charge in [0.15, 0.2) is 11.5 Å². The Bertz CT molecular complexity index is 1970. The van der Waals surface area contributed by atoms with Gasteiger partial charge in [0.05, 0.1) is 24.9 Å². The van der Waals surface area contributed by atoms with Gasteiger partial charge in [-0.3, -0.25) is 14.2 Å².